The van der Waals surface area contributed by atoms with Crippen LogP contribution in [0.4, 0.5) is 0 Å². The van der Waals surface area contributed by atoms with Gasteiger partial charge in [0.1, 0.15) is 42.0 Å². The van der Waals surface area contributed by atoms with E-state index < -0.39 is 37.3 Å². The highest BCUT2D eigenvalue weighted by Crippen LogP contribution is 2.36. The van der Waals surface area contributed by atoms with Crippen molar-refractivity contribution in [3.05, 3.63) is 52.4 Å². The summed E-state index contributed by atoms with van der Waals surface area (Å²) in [5.41, 5.74) is 1.63. The fraction of sp³-hybridized carbons (Fsp3) is 0.375. The molecule has 0 amide bonds. The topological polar surface area (TPSA) is 148 Å². The third-order valence-corrected chi connectivity index (χ3v) is 6.11. The molecule has 0 spiro atoms. The van der Waals surface area contributed by atoms with Gasteiger partial charge in [0.05, 0.1) is 17.6 Å². The lowest BCUT2D eigenvalue weighted by Crippen LogP contribution is -2.60. The largest absolute Gasteiger partial charge is 0.463 e. The minimum atomic E-state index is -1.57. The van der Waals surface area contributed by atoms with E-state index in [0.29, 0.717) is 40.0 Å². The van der Waals surface area contributed by atoms with E-state index in [0.717, 1.165) is 0 Å². The van der Waals surface area contributed by atoms with E-state index >= 15 is 0 Å². The Labute approximate surface area is 193 Å². The Kier molecular flexibility index (Phi) is 5.92. The molecular weight excluding hydrogens is 448 g/mol. The van der Waals surface area contributed by atoms with Crippen LogP contribution >= 0.6 is 0 Å². The first-order chi connectivity index (χ1) is 16.4. The summed E-state index contributed by atoms with van der Waals surface area (Å²) in [5.74, 6) is 1.44. The van der Waals surface area contributed by atoms with E-state index in [4.69, 9.17) is 23.4 Å². The molecule has 1 aromatic heterocycles. The van der Waals surface area contributed by atoms with E-state index in [1.807, 2.05) is 6.92 Å². The standard InChI is InChI=1S/C24H24O10/c1-2-11-5-13-17(7-16(11)33-24-23(29)22(28)21(27)19(8-25)34-24)30-9-14(20(13)26)12-3-4-15-18(6-12)32-10-31-15/h3-7,9,19,21-25,27-29H,2,8,10H2,1H3/t19-,21-,22-,23+,24+/m1/s1. The number of hydrogen-bond donors (Lipinski definition) is 4. The molecule has 0 aliphatic carbocycles. The fourth-order valence-electron chi connectivity index (χ4n) is 4.14. The maximum absolute atomic E-state index is 13.3. The molecule has 10 nitrogen and oxygen atoms in total. The number of aryl methyl sites for hydroxylation is 1. The first-order valence-corrected chi connectivity index (χ1v) is 10.9. The van der Waals surface area contributed by atoms with Gasteiger partial charge < -0.3 is 43.8 Å². The predicted octanol–water partition coefficient (Wildman–Crippen LogP) is 0.930. The third-order valence-electron chi connectivity index (χ3n) is 6.11. The number of rotatable bonds is 5. The Hall–Kier alpha value is -3.15. The van der Waals surface area contributed by atoms with E-state index in [-0.39, 0.29) is 23.6 Å². The Morgan fingerprint density at radius 2 is 1.82 bits per heavy atom. The van der Waals surface area contributed by atoms with Crippen LogP contribution < -0.4 is 19.6 Å². The summed E-state index contributed by atoms with van der Waals surface area (Å²) in [6.07, 6.45) is -5.23. The lowest BCUT2D eigenvalue weighted by Gasteiger charge is -2.39. The van der Waals surface area contributed by atoms with Crippen molar-refractivity contribution in [1.29, 1.82) is 0 Å². The summed E-state index contributed by atoms with van der Waals surface area (Å²) < 4.78 is 27.7. The van der Waals surface area contributed by atoms with E-state index in [1.165, 1.54) is 12.3 Å². The highest BCUT2D eigenvalue weighted by Gasteiger charge is 2.44. The van der Waals surface area contributed by atoms with Gasteiger partial charge in [-0.2, -0.15) is 0 Å². The summed E-state index contributed by atoms with van der Waals surface area (Å²) in [6.45, 7) is 1.42. The summed E-state index contributed by atoms with van der Waals surface area (Å²) in [6, 6.07) is 8.37. The van der Waals surface area contributed by atoms with Gasteiger partial charge in [-0.3, -0.25) is 4.79 Å². The van der Waals surface area contributed by atoms with Gasteiger partial charge >= 0.3 is 0 Å². The highest BCUT2D eigenvalue weighted by molar-refractivity contribution is 5.84. The van der Waals surface area contributed by atoms with Crippen molar-refractivity contribution in [2.24, 2.45) is 0 Å². The zero-order valence-corrected chi connectivity index (χ0v) is 18.2. The van der Waals surface area contributed by atoms with E-state index in [1.54, 1.807) is 24.3 Å². The highest BCUT2D eigenvalue weighted by atomic mass is 16.7. The normalized spacial score (nSPS) is 26.1. The minimum absolute atomic E-state index is 0.127. The van der Waals surface area contributed by atoms with Crippen molar-refractivity contribution in [3.8, 4) is 28.4 Å². The van der Waals surface area contributed by atoms with E-state index in [2.05, 4.69) is 0 Å². The molecule has 0 saturated carbocycles. The van der Waals surface area contributed by atoms with Gasteiger partial charge in [-0.25, -0.2) is 0 Å². The van der Waals surface area contributed by atoms with Gasteiger partial charge in [-0.1, -0.05) is 13.0 Å². The van der Waals surface area contributed by atoms with Crippen molar-refractivity contribution in [2.45, 2.75) is 44.1 Å². The van der Waals surface area contributed by atoms with Crippen LogP contribution in [0.2, 0.25) is 0 Å². The average molecular weight is 472 g/mol. The molecule has 2 aliphatic rings. The summed E-state index contributed by atoms with van der Waals surface area (Å²) in [7, 11) is 0. The molecular formula is C24H24O10. The Balaban J connectivity index is 1.50. The van der Waals surface area contributed by atoms with Crippen molar-refractivity contribution >= 4 is 11.0 Å². The maximum Gasteiger partial charge on any atom is 0.231 e. The molecule has 10 heteroatoms. The zero-order chi connectivity index (χ0) is 24.0. The molecule has 3 heterocycles. The van der Waals surface area contributed by atoms with Crippen molar-refractivity contribution in [1.82, 2.24) is 0 Å². The minimum Gasteiger partial charge on any atom is -0.463 e. The summed E-state index contributed by atoms with van der Waals surface area (Å²) >= 11 is 0. The first-order valence-electron chi connectivity index (χ1n) is 10.9. The average Bonchev–Trinajstić information content (AvgIpc) is 3.32. The molecule has 34 heavy (non-hydrogen) atoms. The number of fused-ring (bicyclic) bond motifs is 2. The van der Waals surface area contributed by atoms with Gasteiger partial charge in [-0.05, 0) is 35.7 Å². The smallest absolute Gasteiger partial charge is 0.231 e. The quantitative estimate of drug-likeness (QED) is 0.423. The molecule has 3 aromatic rings. The Morgan fingerprint density at radius 3 is 2.59 bits per heavy atom. The molecule has 4 N–H and O–H groups in total. The zero-order valence-electron chi connectivity index (χ0n) is 18.2. The van der Waals surface area contributed by atoms with Crippen molar-refractivity contribution in [2.75, 3.05) is 13.4 Å². The van der Waals surface area contributed by atoms with Crippen LogP contribution in [0.5, 0.6) is 17.2 Å². The van der Waals surface area contributed by atoms with Crippen molar-refractivity contribution < 1.29 is 43.8 Å². The molecule has 5 rings (SSSR count). The lowest BCUT2D eigenvalue weighted by molar-refractivity contribution is -0.277. The second-order valence-corrected chi connectivity index (χ2v) is 8.17. The molecule has 1 saturated heterocycles. The molecule has 1 fully saturated rings. The monoisotopic (exact) mass is 472 g/mol. The van der Waals surface area contributed by atoms with Gasteiger partial charge in [0.25, 0.3) is 0 Å². The van der Waals surface area contributed by atoms with Crippen LogP contribution in [0.15, 0.2) is 45.8 Å². The van der Waals surface area contributed by atoms with Crippen molar-refractivity contribution in [3.63, 3.8) is 0 Å². The molecule has 0 bridgehead atoms. The second-order valence-electron chi connectivity index (χ2n) is 8.17. The number of benzene rings is 2. The molecule has 180 valence electrons. The Morgan fingerprint density at radius 1 is 1.03 bits per heavy atom. The van der Waals surface area contributed by atoms with Gasteiger partial charge in [0.15, 0.2) is 11.5 Å². The van der Waals surface area contributed by atoms with Crippen LogP contribution in [0.25, 0.3) is 22.1 Å². The molecule has 2 aromatic carbocycles. The van der Waals surface area contributed by atoms with Crippen LogP contribution in [0.1, 0.15) is 12.5 Å². The second kappa shape index (κ2) is 8.90. The summed E-state index contributed by atoms with van der Waals surface area (Å²) in [4.78, 5) is 13.3. The SMILES string of the molecule is CCc1cc2c(=O)c(-c3ccc4c(c3)OCO4)coc2cc1O[C@H]1O[C@H](CO)[C@@H](O)[C@@H](O)[C@@H]1O. The van der Waals surface area contributed by atoms with E-state index in [9.17, 15) is 25.2 Å². The number of aliphatic hydroxyl groups is 4. The van der Waals surface area contributed by atoms with Crippen LogP contribution in [-0.2, 0) is 11.2 Å². The van der Waals surface area contributed by atoms with Crippen LogP contribution in [-0.4, -0.2) is 64.5 Å². The maximum atomic E-state index is 13.3. The molecule has 0 unspecified atom stereocenters. The fourth-order valence-corrected chi connectivity index (χ4v) is 4.14. The van der Waals surface area contributed by atoms with Gasteiger partial charge in [0, 0.05) is 6.07 Å². The predicted molar refractivity (Wildman–Crippen MR) is 118 cm³/mol. The van der Waals surface area contributed by atoms with Crippen LogP contribution in [0.3, 0.4) is 0 Å². The number of aliphatic hydroxyl groups excluding tert-OH is 4. The van der Waals surface area contributed by atoms with Gasteiger partial charge in [0.2, 0.25) is 18.5 Å². The number of ether oxygens (including phenoxy) is 4. The summed E-state index contributed by atoms with van der Waals surface area (Å²) in [5, 5.41) is 40.0. The number of hydrogen-bond acceptors (Lipinski definition) is 10. The van der Waals surface area contributed by atoms with Gasteiger partial charge in [-0.15, -0.1) is 0 Å². The third kappa shape index (κ3) is 3.79. The first kappa shape index (κ1) is 22.6. The lowest BCUT2D eigenvalue weighted by atomic mass is 9.99. The molecule has 0 radical (unpaired) electrons. The Bertz CT molecular complexity index is 1270. The molecule has 5 atom stereocenters. The molecule has 2 aliphatic heterocycles. The van der Waals surface area contributed by atoms with Crippen LogP contribution in [0, 0.1) is 0 Å².